The van der Waals surface area contributed by atoms with Crippen molar-refractivity contribution < 1.29 is 14.3 Å². The maximum atomic E-state index is 12.1. The molecule has 1 unspecified atom stereocenters. The topological polar surface area (TPSA) is 35.5 Å². The van der Waals surface area contributed by atoms with Gasteiger partial charge in [-0.05, 0) is 30.7 Å². The Morgan fingerprint density at radius 3 is 3.05 bits per heavy atom. The summed E-state index contributed by atoms with van der Waals surface area (Å²) < 4.78 is 11.0. The van der Waals surface area contributed by atoms with Gasteiger partial charge in [-0.3, -0.25) is 0 Å². The molecule has 5 heteroatoms. The van der Waals surface area contributed by atoms with E-state index in [1.54, 1.807) is 23.5 Å². The first-order chi connectivity index (χ1) is 10.3. The van der Waals surface area contributed by atoms with Gasteiger partial charge in [-0.1, -0.05) is 19.1 Å². The number of hydrogen-bond donors (Lipinski definition) is 0. The fourth-order valence-corrected chi connectivity index (χ4v) is 3.73. The van der Waals surface area contributed by atoms with Crippen LogP contribution in [0.2, 0.25) is 0 Å². The predicted octanol–water partition coefficient (Wildman–Crippen LogP) is 3.87. The number of hydrogen-bond acceptors (Lipinski definition) is 5. The van der Waals surface area contributed by atoms with Gasteiger partial charge in [0.15, 0.2) is 0 Å². The third kappa shape index (κ3) is 5.57. The summed E-state index contributed by atoms with van der Waals surface area (Å²) in [6.45, 7) is 3.44. The van der Waals surface area contributed by atoms with Gasteiger partial charge in [0.05, 0.1) is 11.7 Å². The first-order valence-corrected chi connectivity index (χ1v) is 9.53. The van der Waals surface area contributed by atoms with E-state index < -0.39 is 0 Å². The number of esters is 1. The predicted molar refractivity (Wildman–Crippen MR) is 89.4 cm³/mol. The van der Waals surface area contributed by atoms with Crippen molar-refractivity contribution in [3.8, 4) is 0 Å². The van der Waals surface area contributed by atoms with Gasteiger partial charge >= 0.3 is 5.97 Å². The summed E-state index contributed by atoms with van der Waals surface area (Å²) in [7, 11) is 0. The van der Waals surface area contributed by atoms with E-state index in [9.17, 15) is 4.79 Å². The third-order valence-electron chi connectivity index (χ3n) is 3.22. The Bertz CT molecular complexity index is 445. The molecule has 1 aliphatic heterocycles. The summed E-state index contributed by atoms with van der Waals surface area (Å²) in [4.78, 5) is 13.1. The maximum Gasteiger partial charge on any atom is 0.339 e. The Hall–Kier alpha value is -0.650. The third-order valence-corrected chi connectivity index (χ3v) is 5.29. The summed E-state index contributed by atoms with van der Waals surface area (Å²) in [5, 5.41) is 0. The number of rotatable bonds is 8. The molecule has 1 aromatic rings. The van der Waals surface area contributed by atoms with Crippen LogP contribution in [0.15, 0.2) is 29.2 Å². The van der Waals surface area contributed by atoms with Gasteiger partial charge in [0.2, 0.25) is 0 Å². The summed E-state index contributed by atoms with van der Waals surface area (Å²) >= 11 is 3.46. The second-order valence-electron chi connectivity index (χ2n) is 4.78. The molecule has 0 radical (unpaired) electrons. The van der Waals surface area contributed by atoms with Crippen LogP contribution in [0.5, 0.6) is 0 Å². The maximum absolute atomic E-state index is 12.1. The number of benzene rings is 1. The molecule has 3 nitrogen and oxygen atoms in total. The van der Waals surface area contributed by atoms with Crippen LogP contribution in [0.1, 0.15) is 30.1 Å². The molecule has 116 valence electrons. The van der Waals surface area contributed by atoms with Crippen molar-refractivity contribution in [1.82, 2.24) is 0 Å². The van der Waals surface area contributed by atoms with E-state index in [1.807, 2.05) is 24.3 Å². The van der Waals surface area contributed by atoms with Gasteiger partial charge in [-0.2, -0.15) is 11.8 Å². The summed E-state index contributed by atoms with van der Waals surface area (Å²) in [6.07, 6.45) is 2.58. The van der Waals surface area contributed by atoms with E-state index in [-0.39, 0.29) is 5.97 Å². The van der Waals surface area contributed by atoms with Gasteiger partial charge < -0.3 is 9.47 Å². The monoisotopic (exact) mass is 326 g/mol. The largest absolute Gasteiger partial charge is 0.461 e. The Morgan fingerprint density at radius 1 is 1.43 bits per heavy atom. The van der Waals surface area contributed by atoms with Crippen molar-refractivity contribution in [2.75, 3.05) is 30.5 Å². The van der Waals surface area contributed by atoms with Crippen molar-refractivity contribution >= 4 is 29.5 Å². The fourth-order valence-electron chi connectivity index (χ4n) is 2.14. The highest BCUT2D eigenvalue weighted by atomic mass is 32.2. The van der Waals surface area contributed by atoms with Crippen LogP contribution in [0, 0.1) is 0 Å². The molecule has 0 spiro atoms. The van der Waals surface area contributed by atoms with Gasteiger partial charge in [-0.15, -0.1) is 11.8 Å². The zero-order chi connectivity index (χ0) is 14.9. The molecular weight excluding hydrogens is 304 g/mol. The lowest BCUT2D eigenvalue weighted by Crippen LogP contribution is -2.11. The molecule has 2 rings (SSSR count). The van der Waals surface area contributed by atoms with Crippen molar-refractivity contribution in [3.05, 3.63) is 29.8 Å². The lowest BCUT2D eigenvalue weighted by Gasteiger charge is -2.12. The lowest BCUT2D eigenvalue weighted by atomic mass is 10.2. The molecule has 21 heavy (non-hydrogen) atoms. The molecule has 0 saturated carbocycles. The van der Waals surface area contributed by atoms with Crippen molar-refractivity contribution in [1.29, 1.82) is 0 Å². The Labute approximate surface area is 135 Å². The van der Waals surface area contributed by atoms with Gasteiger partial charge in [-0.25, -0.2) is 4.79 Å². The zero-order valence-electron chi connectivity index (χ0n) is 12.4. The number of carbonyl (C=O) groups is 1. The van der Waals surface area contributed by atoms with E-state index in [1.165, 1.54) is 0 Å². The highest BCUT2D eigenvalue weighted by Gasteiger charge is 2.18. The van der Waals surface area contributed by atoms with E-state index >= 15 is 0 Å². The SMILES string of the molecule is CCSCCOC(=O)c1ccccc1SCC1CCCO1. The fraction of sp³-hybridized carbons (Fsp3) is 0.562. The van der Waals surface area contributed by atoms with Crippen LogP contribution < -0.4 is 0 Å². The van der Waals surface area contributed by atoms with E-state index in [0.717, 1.165) is 41.6 Å². The Kier molecular flexibility index (Phi) is 7.47. The van der Waals surface area contributed by atoms with Crippen LogP contribution in [0.3, 0.4) is 0 Å². The number of ether oxygens (including phenoxy) is 2. The van der Waals surface area contributed by atoms with Crippen LogP contribution in [0.25, 0.3) is 0 Å². The quantitative estimate of drug-likeness (QED) is 0.412. The van der Waals surface area contributed by atoms with Crippen molar-refractivity contribution in [3.63, 3.8) is 0 Å². The molecule has 1 aromatic carbocycles. The molecule has 1 heterocycles. The van der Waals surface area contributed by atoms with Gasteiger partial charge in [0, 0.05) is 23.0 Å². The van der Waals surface area contributed by atoms with Gasteiger partial charge in [0.25, 0.3) is 0 Å². The second-order valence-corrected chi connectivity index (χ2v) is 7.23. The molecule has 1 aliphatic rings. The van der Waals surface area contributed by atoms with Crippen molar-refractivity contribution in [2.45, 2.75) is 30.8 Å². The lowest BCUT2D eigenvalue weighted by molar-refractivity contribution is 0.0526. The minimum absolute atomic E-state index is 0.220. The first-order valence-electron chi connectivity index (χ1n) is 7.39. The Balaban J connectivity index is 1.87. The van der Waals surface area contributed by atoms with E-state index in [0.29, 0.717) is 18.3 Å². The molecule has 0 amide bonds. The molecule has 0 N–H and O–H groups in total. The molecule has 1 saturated heterocycles. The first kappa shape index (κ1) is 16.7. The number of thioether (sulfide) groups is 2. The van der Waals surface area contributed by atoms with E-state index in [2.05, 4.69) is 6.92 Å². The van der Waals surface area contributed by atoms with Crippen molar-refractivity contribution in [2.24, 2.45) is 0 Å². The zero-order valence-corrected chi connectivity index (χ0v) is 14.0. The van der Waals surface area contributed by atoms with Crippen LogP contribution in [-0.4, -0.2) is 42.5 Å². The summed E-state index contributed by atoms with van der Waals surface area (Å²) in [6, 6.07) is 7.67. The standard InChI is InChI=1S/C16H22O3S2/c1-2-20-11-10-19-16(17)14-7-3-4-8-15(14)21-12-13-6-5-9-18-13/h3-4,7-8,13H,2,5-6,9-12H2,1H3. The normalized spacial score (nSPS) is 17.9. The van der Waals surface area contributed by atoms with Gasteiger partial charge in [0.1, 0.15) is 6.61 Å². The number of carbonyl (C=O) groups excluding carboxylic acids is 1. The Morgan fingerprint density at radius 2 is 2.29 bits per heavy atom. The molecular formula is C16H22O3S2. The van der Waals surface area contributed by atoms with Crippen LogP contribution in [-0.2, 0) is 9.47 Å². The summed E-state index contributed by atoms with van der Waals surface area (Å²) in [5.41, 5.74) is 0.669. The minimum Gasteiger partial charge on any atom is -0.461 e. The van der Waals surface area contributed by atoms with E-state index in [4.69, 9.17) is 9.47 Å². The smallest absolute Gasteiger partial charge is 0.339 e. The van der Waals surface area contributed by atoms with Crippen LogP contribution >= 0.6 is 23.5 Å². The average Bonchev–Trinajstić information content (AvgIpc) is 3.03. The molecule has 1 atom stereocenters. The minimum atomic E-state index is -0.220. The highest BCUT2D eigenvalue weighted by Crippen LogP contribution is 2.27. The molecule has 0 bridgehead atoms. The summed E-state index contributed by atoms with van der Waals surface area (Å²) in [5.74, 6) is 2.58. The van der Waals surface area contributed by atoms with Crippen LogP contribution in [0.4, 0.5) is 0 Å². The average molecular weight is 326 g/mol. The second kappa shape index (κ2) is 9.38. The molecule has 1 fully saturated rings. The molecule has 0 aromatic heterocycles. The highest BCUT2D eigenvalue weighted by molar-refractivity contribution is 7.99. The molecule has 0 aliphatic carbocycles.